The average Bonchev–Trinajstić information content (AvgIpc) is 3.06. The summed E-state index contributed by atoms with van der Waals surface area (Å²) in [5.41, 5.74) is 1.58. The molecule has 1 saturated heterocycles. The molecule has 0 aromatic carbocycles. The van der Waals surface area contributed by atoms with Gasteiger partial charge in [0, 0.05) is 31.1 Å². The summed E-state index contributed by atoms with van der Waals surface area (Å²) in [4.78, 5) is 14.8. The van der Waals surface area contributed by atoms with Crippen molar-refractivity contribution in [3.63, 3.8) is 0 Å². The highest BCUT2D eigenvalue weighted by Crippen LogP contribution is 2.40. The summed E-state index contributed by atoms with van der Waals surface area (Å²) in [7, 11) is 0. The van der Waals surface area contributed by atoms with Gasteiger partial charge in [-0.1, -0.05) is 12.1 Å². The molecule has 6 heteroatoms. The number of hydrogen-bond acceptors (Lipinski definition) is 5. The molecule has 0 bridgehead atoms. The van der Waals surface area contributed by atoms with Crippen LogP contribution in [0.5, 0.6) is 0 Å². The number of nitrogens with one attached hydrogen (secondary N) is 1. The van der Waals surface area contributed by atoms with Crippen molar-refractivity contribution in [1.29, 1.82) is 0 Å². The number of aryl methyl sites for hydroxylation is 2. The third kappa shape index (κ3) is 3.49. The van der Waals surface area contributed by atoms with Crippen LogP contribution >= 0.6 is 0 Å². The van der Waals surface area contributed by atoms with Crippen molar-refractivity contribution >= 4 is 5.91 Å². The van der Waals surface area contributed by atoms with Crippen LogP contribution < -0.4 is 5.32 Å². The van der Waals surface area contributed by atoms with Gasteiger partial charge < -0.3 is 14.3 Å². The highest BCUT2D eigenvalue weighted by Gasteiger charge is 2.33. The maximum atomic E-state index is 12.4. The Morgan fingerprint density at radius 2 is 2.12 bits per heavy atom. The fourth-order valence-corrected chi connectivity index (χ4v) is 3.53. The van der Waals surface area contributed by atoms with Crippen LogP contribution in [0.25, 0.3) is 0 Å². The van der Waals surface area contributed by atoms with E-state index in [1.54, 1.807) is 6.07 Å². The maximum Gasteiger partial charge on any atom is 0.273 e. The van der Waals surface area contributed by atoms with Gasteiger partial charge in [-0.3, -0.25) is 9.69 Å². The second-order valence-electron chi connectivity index (χ2n) is 7.59. The summed E-state index contributed by atoms with van der Waals surface area (Å²) in [6, 6.07) is 4.00. The van der Waals surface area contributed by atoms with Crippen molar-refractivity contribution in [3.05, 3.63) is 40.7 Å². The van der Waals surface area contributed by atoms with Crippen molar-refractivity contribution in [2.75, 3.05) is 13.1 Å². The first kappa shape index (κ1) is 16.4. The van der Waals surface area contributed by atoms with E-state index >= 15 is 0 Å². The highest BCUT2D eigenvalue weighted by molar-refractivity contribution is 5.92. The molecule has 2 fully saturated rings. The number of aromatic nitrogens is 1. The van der Waals surface area contributed by atoms with E-state index in [9.17, 15) is 4.79 Å². The number of rotatable bonds is 5. The molecule has 2 unspecified atom stereocenters. The molecule has 1 amide bonds. The molecule has 2 aromatic heterocycles. The number of likely N-dealkylation sites (tertiary alicyclic amines) is 1. The van der Waals surface area contributed by atoms with Crippen LogP contribution in [0.3, 0.4) is 0 Å². The van der Waals surface area contributed by atoms with Crippen LogP contribution in [-0.2, 0) is 6.54 Å². The molecular weight excluding hydrogens is 318 g/mol. The van der Waals surface area contributed by atoms with Crippen molar-refractivity contribution in [2.24, 2.45) is 5.92 Å². The lowest BCUT2D eigenvalue weighted by molar-refractivity contribution is 0.0922. The molecule has 2 atom stereocenters. The standard InChI is InChI=1S/C19H25N3O3/c1-11-6-15(24-13(11)3)9-22-8-12(2)17(10-22)20-19(23)16-7-18(25-21-16)14-4-5-14/h6-7,12,14,17H,4-5,8-10H2,1-3H3,(H,20,23). The van der Waals surface area contributed by atoms with Crippen molar-refractivity contribution in [3.8, 4) is 0 Å². The van der Waals surface area contributed by atoms with E-state index in [1.165, 1.54) is 5.56 Å². The number of nitrogens with zero attached hydrogens (tertiary/aromatic N) is 2. The molecule has 3 heterocycles. The summed E-state index contributed by atoms with van der Waals surface area (Å²) in [6.07, 6.45) is 2.27. The van der Waals surface area contributed by atoms with Crippen LogP contribution in [0, 0.1) is 19.8 Å². The molecular formula is C19H25N3O3. The Morgan fingerprint density at radius 1 is 1.32 bits per heavy atom. The Morgan fingerprint density at radius 3 is 2.80 bits per heavy atom. The van der Waals surface area contributed by atoms with Crippen molar-refractivity contribution in [2.45, 2.75) is 52.1 Å². The summed E-state index contributed by atoms with van der Waals surface area (Å²) in [5.74, 6) is 3.52. The zero-order valence-corrected chi connectivity index (χ0v) is 15.0. The average molecular weight is 343 g/mol. The second kappa shape index (κ2) is 6.33. The van der Waals surface area contributed by atoms with Gasteiger partial charge in [-0.05, 0) is 44.2 Å². The molecule has 0 radical (unpaired) electrons. The molecule has 1 N–H and O–H groups in total. The highest BCUT2D eigenvalue weighted by atomic mass is 16.5. The second-order valence-corrected chi connectivity index (χ2v) is 7.59. The van der Waals surface area contributed by atoms with Crippen LogP contribution in [0.15, 0.2) is 21.1 Å². The Balaban J connectivity index is 1.35. The SMILES string of the molecule is Cc1cc(CN2CC(C)C(NC(=O)c3cc(C4CC4)on3)C2)oc1C. The quantitative estimate of drug-likeness (QED) is 0.903. The van der Waals surface area contributed by atoms with Gasteiger partial charge in [0.15, 0.2) is 5.69 Å². The van der Waals surface area contributed by atoms with Crippen LogP contribution in [0.1, 0.15) is 59.0 Å². The predicted octanol–water partition coefficient (Wildman–Crippen LogP) is 3.01. The third-order valence-corrected chi connectivity index (χ3v) is 5.34. The smallest absolute Gasteiger partial charge is 0.273 e. The molecule has 2 aliphatic rings. The zero-order chi connectivity index (χ0) is 17.6. The maximum absolute atomic E-state index is 12.4. The van der Waals surface area contributed by atoms with Crippen LogP contribution in [-0.4, -0.2) is 35.1 Å². The number of furan rings is 1. The molecule has 1 saturated carbocycles. The lowest BCUT2D eigenvalue weighted by atomic mass is 10.1. The number of carbonyl (C=O) groups excluding carboxylic acids is 1. The monoisotopic (exact) mass is 343 g/mol. The van der Waals surface area contributed by atoms with E-state index in [0.717, 1.165) is 49.8 Å². The van der Waals surface area contributed by atoms with Gasteiger partial charge in [-0.25, -0.2) is 0 Å². The van der Waals surface area contributed by atoms with Gasteiger partial charge in [0.25, 0.3) is 5.91 Å². The molecule has 1 aliphatic carbocycles. The molecule has 134 valence electrons. The normalized spacial score (nSPS) is 24.0. The lowest BCUT2D eigenvalue weighted by Gasteiger charge is -2.16. The lowest BCUT2D eigenvalue weighted by Crippen LogP contribution is -2.39. The number of carbonyl (C=O) groups is 1. The minimum atomic E-state index is -0.140. The van der Waals surface area contributed by atoms with E-state index in [0.29, 0.717) is 17.5 Å². The van der Waals surface area contributed by atoms with Gasteiger partial charge in [0.2, 0.25) is 0 Å². The molecule has 1 aliphatic heterocycles. The van der Waals surface area contributed by atoms with E-state index in [4.69, 9.17) is 8.94 Å². The first-order valence-electron chi connectivity index (χ1n) is 9.05. The topological polar surface area (TPSA) is 71.5 Å². The Labute approximate surface area is 147 Å². The van der Waals surface area contributed by atoms with E-state index < -0.39 is 0 Å². The van der Waals surface area contributed by atoms with Crippen LogP contribution in [0.2, 0.25) is 0 Å². The summed E-state index contributed by atoms with van der Waals surface area (Å²) in [6.45, 7) is 8.76. The summed E-state index contributed by atoms with van der Waals surface area (Å²) in [5, 5.41) is 7.04. The summed E-state index contributed by atoms with van der Waals surface area (Å²) < 4.78 is 11.1. The van der Waals surface area contributed by atoms with Gasteiger partial charge in [0.05, 0.1) is 6.54 Å². The van der Waals surface area contributed by atoms with Gasteiger partial charge in [-0.2, -0.15) is 0 Å². The predicted molar refractivity (Wildman–Crippen MR) is 92.4 cm³/mol. The molecule has 25 heavy (non-hydrogen) atoms. The molecule has 0 spiro atoms. The largest absolute Gasteiger partial charge is 0.465 e. The third-order valence-electron chi connectivity index (χ3n) is 5.34. The minimum Gasteiger partial charge on any atom is -0.465 e. The molecule has 4 rings (SSSR count). The fraction of sp³-hybridized carbons (Fsp3) is 0.579. The summed E-state index contributed by atoms with van der Waals surface area (Å²) >= 11 is 0. The fourth-order valence-electron chi connectivity index (χ4n) is 3.53. The molecule has 6 nitrogen and oxygen atoms in total. The number of hydrogen-bond donors (Lipinski definition) is 1. The van der Waals surface area contributed by atoms with Gasteiger partial charge in [0.1, 0.15) is 17.3 Å². The minimum absolute atomic E-state index is 0.116. The first-order valence-corrected chi connectivity index (χ1v) is 9.05. The van der Waals surface area contributed by atoms with Crippen molar-refractivity contribution in [1.82, 2.24) is 15.4 Å². The van der Waals surface area contributed by atoms with E-state index in [1.807, 2.05) is 6.92 Å². The van der Waals surface area contributed by atoms with Gasteiger partial charge in [-0.15, -0.1) is 0 Å². The Kier molecular flexibility index (Phi) is 4.15. The number of amides is 1. The first-order chi connectivity index (χ1) is 12.0. The Bertz CT molecular complexity index is 755. The van der Waals surface area contributed by atoms with Crippen LogP contribution in [0.4, 0.5) is 0 Å². The Hall–Kier alpha value is -2.08. The van der Waals surface area contributed by atoms with E-state index in [-0.39, 0.29) is 11.9 Å². The van der Waals surface area contributed by atoms with Crippen molar-refractivity contribution < 1.29 is 13.7 Å². The molecule has 2 aromatic rings. The van der Waals surface area contributed by atoms with E-state index in [2.05, 4.69) is 35.3 Å². The zero-order valence-electron chi connectivity index (χ0n) is 15.0. The van der Waals surface area contributed by atoms with Gasteiger partial charge >= 0.3 is 0 Å².